The van der Waals surface area contributed by atoms with E-state index in [0.717, 1.165) is 25.0 Å². The number of rotatable bonds is 8. The second kappa shape index (κ2) is 8.11. The highest BCUT2D eigenvalue weighted by Gasteiger charge is 2.17. The highest BCUT2D eigenvalue weighted by molar-refractivity contribution is 6.59. The number of unbranched alkanes of at least 4 members (excludes halogenated alkanes) is 2. The number of hydrogen-bond donors (Lipinski definition) is 1. The zero-order valence-corrected chi connectivity index (χ0v) is 10.4. The van der Waals surface area contributed by atoms with Gasteiger partial charge in [-0.05, 0) is 24.0 Å². The zero-order valence-electron chi connectivity index (χ0n) is 10.4. The average Bonchev–Trinajstić information content (AvgIpc) is 2.38. The van der Waals surface area contributed by atoms with E-state index in [9.17, 15) is 5.02 Å². The van der Waals surface area contributed by atoms with Crippen LogP contribution in [0.25, 0.3) is 0 Å². The van der Waals surface area contributed by atoms with Crippen molar-refractivity contribution in [3.05, 3.63) is 24.3 Å². The molecule has 5 heteroatoms. The van der Waals surface area contributed by atoms with Gasteiger partial charge in [0.15, 0.2) is 0 Å². The van der Waals surface area contributed by atoms with Crippen LogP contribution in [0.4, 0.5) is 0 Å². The van der Waals surface area contributed by atoms with Crippen LogP contribution in [0, 0.1) is 0 Å². The number of benzene rings is 1. The van der Waals surface area contributed by atoms with Gasteiger partial charge in [0.05, 0.1) is 13.7 Å². The Morgan fingerprint density at radius 1 is 1.18 bits per heavy atom. The summed E-state index contributed by atoms with van der Waals surface area (Å²) in [5, 5.41) is 9.65. The summed E-state index contributed by atoms with van der Waals surface area (Å²) in [6.45, 7) is 2.62. The van der Waals surface area contributed by atoms with E-state index in [-0.39, 0.29) is 0 Å². The van der Waals surface area contributed by atoms with Gasteiger partial charge in [-0.3, -0.25) is 4.81 Å². The maximum absolute atomic E-state index is 9.65. The van der Waals surface area contributed by atoms with Crippen molar-refractivity contribution in [2.24, 2.45) is 0 Å². The lowest BCUT2D eigenvalue weighted by molar-refractivity contribution is -0.221. The van der Waals surface area contributed by atoms with Gasteiger partial charge in [-0.1, -0.05) is 31.9 Å². The molecule has 0 aliphatic carbocycles. The van der Waals surface area contributed by atoms with Crippen molar-refractivity contribution in [3.8, 4) is 5.75 Å². The predicted octanol–water partition coefficient (Wildman–Crippen LogP) is 1.52. The Labute approximate surface area is 103 Å². The van der Waals surface area contributed by atoms with Crippen LogP contribution >= 0.6 is 0 Å². The molecule has 0 bridgehead atoms. The molecule has 0 aromatic heterocycles. The quantitative estimate of drug-likeness (QED) is 0.323. The van der Waals surface area contributed by atoms with Crippen molar-refractivity contribution < 1.29 is 19.5 Å². The topological polar surface area (TPSA) is 47.9 Å². The minimum absolute atomic E-state index is 0.501. The van der Waals surface area contributed by atoms with E-state index >= 15 is 0 Å². The Morgan fingerprint density at radius 3 is 2.47 bits per heavy atom. The molecule has 17 heavy (non-hydrogen) atoms. The molecule has 94 valence electrons. The third kappa shape index (κ3) is 5.21. The molecule has 1 aromatic rings. The Bertz CT molecular complexity index is 302. The van der Waals surface area contributed by atoms with E-state index in [1.165, 1.54) is 0 Å². The molecule has 1 aromatic carbocycles. The van der Waals surface area contributed by atoms with E-state index in [4.69, 9.17) is 14.4 Å². The second-order valence-corrected chi connectivity index (χ2v) is 3.75. The van der Waals surface area contributed by atoms with Crippen LogP contribution in [0.1, 0.15) is 26.2 Å². The SMILES string of the molecule is CCCCCOOB(O)c1ccc(OC)cc1. The van der Waals surface area contributed by atoms with Gasteiger partial charge in [-0.15, -0.1) is 0 Å². The molecule has 1 N–H and O–H groups in total. The molecule has 1 rings (SSSR count). The highest BCUT2D eigenvalue weighted by Crippen LogP contribution is 2.06. The molecule has 0 atom stereocenters. The molecule has 0 aliphatic rings. The molecular formula is C12H19BO4. The van der Waals surface area contributed by atoms with Crippen LogP contribution in [0.5, 0.6) is 5.75 Å². The lowest BCUT2D eigenvalue weighted by Gasteiger charge is -2.08. The van der Waals surface area contributed by atoms with Gasteiger partial charge in [0.25, 0.3) is 0 Å². The minimum Gasteiger partial charge on any atom is -0.497 e. The average molecular weight is 238 g/mol. The molecule has 0 fully saturated rings. The monoisotopic (exact) mass is 238 g/mol. The summed E-state index contributed by atoms with van der Waals surface area (Å²) >= 11 is 0. The van der Waals surface area contributed by atoms with Crippen molar-refractivity contribution >= 4 is 12.6 Å². The third-order valence-electron chi connectivity index (χ3n) is 2.39. The van der Waals surface area contributed by atoms with Crippen LogP contribution in [-0.4, -0.2) is 25.9 Å². The largest absolute Gasteiger partial charge is 0.523 e. The Hall–Kier alpha value is -1.04. The van der Waals surface area contributed by atoms with Crippen LogP contribution in [-0.2, 0) is 9.69 Å². The summed E-state index contributed by atoms with van der Waals surface area (Å²) in [6.07, 6.45) is 3.16. The lowest BCUT2D eigenvalue weighted by Crippen LogP contribution is -2.33. The first-order chi connectivity index (χ1) is 8.27. The maximum Gasteiger partial charge on any atom is 0.523 e. The van der Waals surface area contributed by atoms with Crippen LogP contribution < -0.4 is 10.2 Å². The Balaban J connectivity index is 2.28. The zero-order chi connectivity index (χ0) is 12.5. The summed E-state index contributed by atoms with van der Waals surface area (Å²) in [4.78, 5) is 9.79. The predicted molar refractivity (Wildman–Crippen MR) is 67.2 cm³/mol. The summed E-state index contributed by atoms with van der Waals surface area (Å²) in [6, 6.07) is 7.00. The van der Waals surface area contributed by atoms with Crippen LogP contribution in [0.3, 0.4) is 0 Å². The van der Waals surface area contributed by atoms with Gasteiger partial charge in [0, 0.05) is 0 Å². The van der Waals surface area contributed by atoms with Crippen LogP contribution in [0.2, 0.25) is 0 Å². The first-order valence-electron chi connectivity index (χ1n) is 5.88. The maximum atomic E-state index is 9.65. The van der Waals surface area contributed by atoms with E-state index < -0.39 is 7.12 Å². The smallest absolute Gasteiger partial charge is 0.497 e. The molecule has 0 radical (unpaired) electrons. The Kier molecular flexibility index (Phi) is 6.70. The van der Waals surface area contributed by atoms with Gasteiger partial charge >= 0.3 is 7.12 Å². The number of methoxy groups -OCH3 is 1. The molecule has 0 heterocycles. The van der Waals surface area contributed by atoms with Gasteiger partial charge in [0.2, 0.25) is 0 Å². The fourth-order valence-electron chi connectivity index (χ4n) is 1.35. The lowest BCUT2D eigenvalue weighted by atomic mass is 9.80. The van der Waals surface area contributed by atoms with Gasteiger partial charge in [-0.2, -0.15) is 0 Å². The first kappa shape index (κ1) is 14.0. The van der Waals surface area contributed by atoms with Crippen molar-refractivity contribution in [1.82, 2.24) is 0 Å². The van der Waals surface area contributed by atoms with Gasteiger partial charge in [0.1, 0.15) is 5.75 Å². The molecule has 0 saturated heterocycles. The summed E-state index contributed by atoms with van der Waals surface area (Å²) in [7, 11) is 0.543. The fourth-order valence-corrected chi connectivity index (χ4v) is 1.35. The third-order valence-corrected chi connectivity index (χ3v) is 2.39. The highest BCUT2D eigenvalue weighted by atomic mass is 17.2. The molecule has 0 aliphatic heterocycles. The molecule has 0 unspecified atom stereocenters. The minimum atomic E-state index is -1.05. The molecule has 0 amide bonds. The number of hydrogen-bond acceptors (Lipinski definition) is 4. The summed E-state index contributed by atoms with van der Waals surface area (Å²) in [5.74, 6) is 0.741. The van der Waals surface area contributed by atoms with E-state index in [1.54, 1.807) is 31.4 Å². The van der Waals surface area contributed by atoms with E-state index in [1.807, 2.05) is 0 Å². The number of ether oxygens (including phenoxy) is 1. The van der Waals surface area contributed by atoms with Crippen molar-refractivity contribution in [2.75, 3.05) is 13.7 Å². The first-order valence-corrected chi connectivity index (χ1v) is 5.88. The molecule has 0 saturated carbocycles. The van der Waals surface area contributed by atoms with E-state index in [2.05, 4.69) is 6.92 Å². The van der Waals surface area contributed by atoms with Crippen LogP contribution in [0.15, 0.2) is 24.3 Å². The van der Waals surface area contributed by atoms with Gasteiger partial charge in [-0.25, -0.2) is 4.89 Å². The van der Waals surface area contributed by atoms with Gasteiger partial charge < -0.3 is 9.76 Å². The van der Waals surface area contributed by atoms with E-state index in [0.29, 0.717) is 12.1 Å². The summed E-state index contributed by atoms with van der Waals surface area (Å²) in [5.41, 5.74) is 0.640. The Morgan fingerprint density at radius 2 is 1.88 bits per heavy atom. The molecule has 0 spiro atoms. The normalized spacial score (nSPS) is 10.3. The van der Waals surface area contributed by atoms with Crippen molar-refractivity contribution in [1.29, 1.82) is 0 Å². The standard InChI is InChI=1S/C12H19BO4/c1-3-4-5-10-16-17-13(14)11-6-8-12(15-2)9-7-11/h6-9,14H,3-5,10H2,1-2H3. The second-order valence-electron chi connectivity index (χ2n) is 3.75. The summed E-state index contributed by atoms with van der Waals surface area (Å²) < 4.78 is 5.02. The van der Waals surface area contributed by atoms with Crippen molar-refractivity contribution in [2.45, 2.75) is 26.2 Å². The van der Waals surface area contributed by atoms with Crippen molar-refractivity contribution in [3.63, 3.8) is 0 Å². The molecular weight excluding hydrogens is 219 g/mol. The molecule has 4 nitrogen and oxygen atoms in total. The fraction of sp³-hybridized carbons (Fsp3) is 0.500.